The minimum atomic E-state index is -0.348. The Morgan fingerprint density at radius 1 is 1.31 bits per heavy atom. The fourth-order valence-electron chi connectivity index (χ4n) is 3.09. The van der Waals surface area contributed by atoms with Crippen LogP contribution in [0.5, 0.6) is 5.88 Å². The molecule has 1 atom stereocenters. The number of aromatic nitrogens is 2. The van der Waals surface area contributed by atoms with E-state index in [0.29, 0.717) is 23.3 Å². The third-order valence-corrected chi connectivity index (χ3v) is 5.55. The van der Waals surface area contributed by atoms with E-state index >= 15 is 0 Å². The highest BCUT2D eigenvalue weighted by Gasteiger charge is 2.29. The van der Waals surface area contributed by atoms with Gasteiger partial charge in [-0.1, -0.05) is 55.1 Å². The first-order valence-corrected chi connectivity index (χ1v) is 10.7. The SMILES string of the molecule is CC/C=C\COc1cnc(C(=O)Cc2cccc([C@]3(C)CCSC(N)=N3)c2)cn1. The first-order chi connectivity index (χ1) is 14.0. The van der Waals surface area contributed by atoms with E-state index < -0.39 is 0 Å². The fourth-order valence-corrected chi connectivity index (χ4v) is 4.06. The molecule has 3 rings (SSSR count). The summed E-state index contributed by atoms with van der Waals surface area (Å²) in [5.74, 6) is 1.26. The molecular formula is C22H26N4O2S. The van der Waals surface area contributed by atoms with Crippen LogP contribution in [0.15, 0.2) is 53.8 Å². The second kappa shape index (κ2) is 9.69. The van der Waals surface area contributed by atoms with Crippen LogP contribution in [-0.2, 0) is 12.0 Å². The largest absolute Gasteiger partial charge is 0.472 e. The number of nitrogens with zero attached hydrogens (tertiary/aromatic N) is 3. The third-order valence-electron chi connectivity index (χ3n) is 4.75. The molecule has 1 aromatic heterocycles. The van der Waals surface area contributed by atoms with Gasteiger partial charge < -0.3 is 10.5 Å². The average Bonchev–Trinajstić information content (AvgIpc) is 2.72. The summed E-state index contributed by atoms with van der Waals surface area (Å²) in [6, 6.07) is 7.98. The van der Waals surface area contributed by atoms with Gasteiger partial charge in [0.05, 0.1) is 17.9 Å². The van der Waals surface area contributed by atoms with Gasteiger partial charge in [0.15, 0.2) is 11.0 Å². The number of ether oxygens (including phenoxy) is 1. The van der Waals surface area contributed by atoms with Crippen LogP contribution in [0.25, 0.3) is 0 Å². The second-order valence-corrected chi connectivity index (χ2v) is 8.17. The van der Waals surface area contributed by atoms with Crippen molar-refractivity contribution >= 4 is 22.7 Å². The molecule has 2 aromatic rings. The molecule has 0 spiro atoms. The molecule has 1 aliphatic heterocycles. The van der Waals surface area contributed by atoms with Crippen molar-refractivity contribution in [1.82, 2.24) is 9.97 Å². The zero-order valence-corrected chi connectivity index (χ0v) is 17.6. The highest BCUT2D eigenvalue weighted by atomic mass is 32.2. The summed E-state index contributed by atoms with van der Waals surface area (Å²) in [4.78, 5) is 25.7. The molecule has 1 aliphatic rings. The number of hydrogen-bond acceptors (Lipinski definition) is 7. The van der Waals surface area contributed by atoms with Crippen molar-refractivity contribution < 1.29 is 9.53 Å². The summed E-state index contributed by atoms with van der Waals surface area (Å²) >= 11 is 1.58. The van der Waals surface area contributed by atoms with Gasteiger partial charge in [0.1, 0.15) is 12.3 Å². The fraction of sp³-hybridized carbons (Fsp3) is 0.364. The van der Waals surface area contributed by atoms with Crippen LogP contribution in [0.3, 0.4) is 0 Å². The van der Waals surface area contributed by atoms with Gasteiger partial charge in [-0.25, -0.2) is 9.97 Å². The van der Waals surface area contributed by atoms with Crippen LogP contribution >= 0.6 is 11.8 Å². The Morgan fingerprint density at radius 2 is 2.17 bits per heavy atom. The van der Waals surface area contributed by atoms with Gasteiger partial charge in [0.25, 0.3) is 0 Å². The number of allylic oxidation sites excluding steroid dienone is 1. The van der Waals surface area contributed by atoms with E-state index in [1.165, 1.54) is 12.4 Å². The van der Waals surface area contributed by atoms with E-state index in [2.05, 4.69) is 28.8 Å². The quantitative estimate of drug-likeness (QED) is 0.524. The number of amidine groups is 1. The molecule has 1 aromatic carbocycles. The molecule has 29 heavy (non-hydrogen) atoms. The lowest BCUT2D eigenvalue weighted by molar-refractivity contribution is 0.0987. The van der Waals surface area contributed by atoms with Crippen molar-refractivity contribution in [2.75, 3.05) is 12.4 Å². The molecule has 0 unspecified atom stereocenters. The van der Waals surface area contributed by atoms with Crippen LogP contribution in [0.2, 0.25) is 0 Å². The van der Waals surface area contributed by atoms with Crippen molar-refractivity contribution in [1.29, 1.82) is 0 Å². The normalized spacial score (nSPS) is 19.2. The minimum Gasteiger partial charge on any atom is -0.472 e. The number of hydrogen-bond donors (Lipinski definition) is 1. The Morgan fingerprint density at radius 3 is 2.90 bits per heavy atom. The Labute approximate surface area is 175 Å². The lowest BCUT2D eigenvalue weighted by Gasteiger charge is -2.30. The number of nitrogens with two attached hydrogens (primary N) is 1. The van der Waals surface area contributed by atoms with Crippen molar-refractivity contribution in [2.24, 2.45) is 10.7 Å². The first kappa shape index (κ1) is 21.0. The van der Waals surface area contributed by atoms with Gasteiger partial charge in [-0.05, 0) is 30.9 Å². The van der Waals surface area contributed by atoms with Crippen molar-refractivity contribution in [2.45, 2.75) is 38.6 Å². The Bertz CT molecular complexity index is 911. The minimum absolute atomic E-state index is 0.0838. The van der Waals surface area contributed by atoms with Gasteiger partial charge in [-0.15, -0.1) is 0 Å². The molecular weight excluding hydrogens is 384 g/mol. The number of benzene rings is 1. The number of carbonyl (C=O) groups excluding carboxylic acids is 1. The molecule has 2 N–H and O–H groups in total. The predicted octanol–water partition coefficient (Wildman–Crippen LogP) is 3.91. The van der Waals surface area contributed by atoms with E-state index in [-0.39, 0.29) is 17.7 Å². The number of carbonyl (C=O) groups is 1. The van der Waals surface area contributed by atoms with Crippen LogP contribution in [-0.4, -0.2) is 33.3 Å². The Kier molecular flexibility index (Phi) is 7.04. The van der Waals surface area contributed by atoms with Crippen LogP contribution in [0.4, 0.5) is 0 Å². The molecule has 7 heteroatoms. The number of rotatable bonds is 8. The third kappa shape index (κ3) is 5.67. The zero-order chi connectivity index (χ0) is 20.7. The van der Waals surface area contributed by atoms with Crippen molar-refractivity contribution in [3.63, 3.8) is 0 Å². The second-order valence-electron chi connectivity index (χ2n) is 7.05. The average molecular weight is 411 g/mol. The van der Waals surface area contributed by atoms with Crippen LogP contribution in [0.1, 0.15) is 48.3 Å². The lowest BCUT2D eigenvalue weighted by Crippen LogP contribution is -2.28. The molecule has 2 heterocycles. The predicted molar refractivity (Wildman–Crippen MR) is 117 cm³/mol. The summed E-state index contributed by atoms with van der Waals surface area (Å²) in [7, 11) is 0. The number of Topliss-reactive ketones (excluding diaryl/α,β-unsaturated/α-hetero) is 1. The molecule has 6 nitrogen and oxygen atoms in total. The maximum Gasteiger partial charge on any atom is 0.232 e. The monoisotopic (exact) mass is 410 g/mol. The molecule has 0 amide bonds. The Hall–Kier alpha value is -2.67. The van der Waals surface area contributed by atoms with E-state index in [1.54, 1.807) is 11.8 Å². The van der Waals surface area contributed by atoms with Crippen LogP contribution in [0, 0.1) is 0 Å². The van der Waals surface area contributed by atoms with Gasteiger partial charge >= 0.3 is 0 Å². The zero-order valence-electron chi connectivity index (χ0n) is 16.8. The van der Waals surface area contributed by atoms with Gasteiger partial charge in [-0.2, -0.15) is 0 Å². The summed E-state index contributed by atoms with van der Waals surface area (Å²) in [6.45, 7) is 4.58. The van der Waals surface area contributed by atoms with E-state index in [4.69, 9.17) is 10.5 Å². The first-order valence-electron chi connectivity index (χ1n) is 9.71. The van der Waals surface area contributed by atoms with Crippen molar-refractivity contribution in [3.8, 4) is 5.88 Å². The standard InChI is InChI=1S/C22H26N4O2S/c1-3-4-5-10-28-20-15-24-18(14-25-20)19(27)13-16-7-6-8-17(12-16)22(2)9-11-29-21(23)26-22/h4-8,12,14-15H,3,9-11,13H2,1-2H3,(H2,23,26)/b5-4-/t22-/m0/s1. The summed E-state index contributed by atoms with van der Waals surface area (Å²) in [6.07, 6.45) is 9.03. The van der Waals surface area contributed by atoms with E-state index in [9.17, 15) is 4.79 Å². The number of thioether (sulfide) groups is 1. The molecule has 0 saturated heterocycles. The van der Waals surface area contributed by atoms with E-state index in [0.717, 1.165) is 29.7 Å². The maximum atomic E-state index is 12.6. The highest BCUT2D eigenvalue weighted by Crippen LogP contribution is 2.35. The van der Waals surface area contributed by atoms with E-state index in [1.807, 2.05) is 36.4 Å². The maximum absolute atomic E-state index is 12.6. The smallest absolute Gasteiger partial charge is 0.232 e. The molecule has 0 fully saturated rings. The summed E-state index contributed by atoms with van der Waals surface area (Å²) in [5, 5.41) is 0.614. The van der Waals surface area contributed by atoms with Gasteiger partial charge in [-0.3, -0.25) is 9.79 Å². The van der Waals surface area contributed by atoms with Crippen LogP contribution < -0.4 is 10.5 Å². The van der Waals surface area contributed by atoms with Gasteiger partial charge in [0, 0.05) is 12.2 Å². The van der Waals surface area contributed by atoms with Crippen molar-refractivity contribution in [3.05, 3.63) is 65.6 Å². The molecule has 0 saturated carbocycles. The summed E-state index contributed by atoms with van der Waals surface area (Å²) < 4.78 is 5.47. The number of aliphatic imine (C=N–C) groups is 1. The molecule has 0 bridgehead atoms. The van der Waals surface area contributed by atoms with Gasteiger partial charge in [0.2, 0.25) is 5.88 Å². The summed E-state index contributed by atoms with van der Waals surface area (Å²) in [5.41, 5.74) is 7.90. The topological polar surface area (TPSA) is 90.5 Å². The number of ketones is 1. The lowest BCUT2D eigenvalue weighted by atomic mass is 9.88. The molecule has 0 aliphatic carbocycles. The Balaban J connectivity index is 1.66. The molecule has 152 valence electrons. The highest BCUT2D eigenvalue weighted by molar-refractivity contribution is 8.13. The molecule has 0 radical (unpaired) electrons.